The Hall–Kier alpha value is -3.19. The zero-order valence-corrected chi connectivity index (χ0v) is 10.8. The summed E-state index contributed by atoms with van der Waals surface area (Å²) in [5.41, 5.74) is 1.57. The molecule has 2 aliphatic carbocycles. The molecule has 0 aliphatic heterocycles. The number of allylic oxidation sites excluding steroid dienone is 8. The Morgan fingerprint density at radius 1 is 1.10 bits per heavy atom. The van der Waals surface area contributed by atoms with Crippen LogP contribution in [0.5, 0.6) is 5.75 Å². The fraction of sp³-hybridized carbons (Fsp3) is 0. The second-order valence-electron chi connectivity index (χ2n) is 4.64. The lowest BCUT2D eigenvalue weighted by Crippen LogP contribution is -2.07. The highest BCUT2D eigenvalue weighted by molar-refractivity contribution is 6.30. The van der Waals surface area contributed by atoms with Crippen LogP contribution in [0, 0.1) is 11.3 Å². The minimum atomic E-state index is -0.327. The van der Waals surface area contributed by atoms with Crippen LogP contribution in [0.1, 0.15) is 5.56 Å². The lowest BCUT2D eigenvalue weighted by molar-refractivity contribution is -0.113. The van der Waals surface area contributed by atoms with Crippen LogP contribution in [-0.4, -0.2) is 16.7 Å². The summed E-state index contributed by atoms with van der Waals surface area (Å²) in [6.07, 6.45) is 5.96. The van der Waals surface area contributed by atoms with Crippen LogP contribution >= 0.6 is 0 Å². The molecular weight excluding hydrogens is 266 g/mol. The van der Waals surface area contributed by atoms with Crippen molar-refractivity contribution < 1.29 is 14.7 Å². The summed E-state index contributed by atoms with van der Waals surface area (Å²) in [7, 11) is 0. The maximum absolute atomic E-state index is 12.4. The van der Waals surface area contributed by atoms with Crippen LogP contribution in [0.2, 0.25) is 0 Å². The van der Waals surface area contributed by atoms with Gasteiger partial charge in [-0.25, -0.2) is 0 Å². The third-order valence-corrected chi connectivity index (χ3v) is 3.38. The van der Waals surface area contributed by atoms with E-state index in [1.54, 1.807) is 18.2 Å². The number of aromatic hydroxyl groups is 1. The van der Waals surface area contributed by atoms with Gasteiger partial charge in [-0.15, -0.1) is 0 Å². The molecule has 0 heterocycles. The highest BCUT2D eigenvalue weighted by atomic mass is 16.3. The number of fused-ring (bicyclic) bond motifs is 1. The summed E-state index contributed by atoms with van der Waals surface area (Å²) in [5.74, 6) is -0.487. The molecule has 0 amide bonds. The van der Waals surface area contributed by atoms with Crippen molar-refractivity contribution in [3.05, 3.63) is 70.9 Å². The molecular formula is C17H9NO3. The molecule has 1 aromatic carbocycles. The van der Waals surface area contributed by atoms with Crippen LogP contribution in [-0.2, 0) is 9.59 Å². The van der Waals surface area contributed by atoms with E-state index in [1.807, 2.05) is 6.07 Å². The maximum atomic E-state index is 12.4. The monoisotopic (exact) mass is 275 g/mol. The molecule has 0 saturated heterocycles. The summed E-state index contributed by atoms with van der Waals surface area (Å²) in [5, 5.41) is 18.6. The SMILES string of the molecule is N#CC(=C1C=C2C(=O)C=CC=C2C1=O)c1ccc(O)cc1. The standard InChI is InChI=1S/C17H9NO3/c18-9-15(10-4-6-11(19)7-5-10)14-8-13-12(17(14)21)2-1-3-16(13)20/h1-8,19H. The Balaban J connectivity index is 2.18. The van der Waals surface area contributed by atoms with Crippen LogP contribution in [0.25, 0.3) is 5.57 Å². The van der Waals surface area contributed by atoms with Gasteiger partial charge in [0.1, 0.15) is 11.8 Å². The number of ketones is 2. The third-order valence-electron chi connectivity index (χ3n) is 3.38. The molecule has 0 bridgehead atoms. The van der Waals surface area contributed by atoms with Gasteiger partial charge in [-0.2, -0.15) is 5.26 Å². The van der Waals surface area contributed by atoms with Crippen molar-refractivity contribution in [2.75, 3.05) is 0 Å². The number of hydrogen-bond acceptors (Lipinski definition) is 4. The molecule has 2 aliphatic rings. The fourth-order valence-corrected chi connectivity index (χ4v) is 2.34. The summed E-state index contributed by atoms with van der Waals surface area (Å²) < 4.78 is 0. The molecule has 0 atom stereocenters. The molecule has 0 unspecified atom stereocenters. The maximum Gasteiger partial charge on any atom is 0.195 e. The molecule has 0 fully saturated rings. The molecule has 1 aromatic rings. The summed E-state index contributed by atoms with van der Waals surface area (Å²) in [6, 6.07) is 8.01. The highest BCUT2D eigenvalue weighted by Gasteiger charge is 2.32. The molecule has 4 nitrogen and oxygen atoms in total. The first-order valence-electron chi connectivity index (χ1n) is 6.25. The van der Waals surface area contributed by atoms with E-state index in [0.29, 0.717) is 16.7 Å². The van der Waals surface area contributed by atoms with Crippen LogP contribution < -0.4 is 0 Å². The lowest BCUT2D eigenvalue weighted by Gasteiger charge is -2.04. The highest BCUT2D eigenvalue weighted by Crippen LogP contribution is 2.34. The topological polar surface area (TPSA) is 78.2 Å². The number of nitriles is 1. The van der Waals surface area contributed by atoms with Gasteiger partial charge in [0.2, 0.25) is 0 Å². The number of benzene rings is 1. The number of carbonyl (C=O) groups excluding carboxylic acids is 2. The van der Waals surface area contributed by atoms with Crippen LogP contribution in [0.3, 0.4) is 0 Å². The van der Waals surface area contributed by atoms with Gasteiger partial charge in [0, 0.05) is 16.7 Å². The molecule has 0 saturated carbocycles. The Morgan fingerprint density at radius 2 is 1.81 bits per heavy atom. The first kappa shape index (κ1) is 12.8. The first-order chi connectivity index (χ1) is 10.1. The molecule has 0 spiro atoms. The molecule has 1 N–H and O–H groups in total. The van der Waals surface area contributed by atoms with Gasteiger partial charge in [-0.05, 0) is 42.0 Å². The van der Waals surface area contributed by atoms with E-state index >= 15 is 0 Å². The van der Waals surface area contributed by atoms with E-state index in [4.69, 9.17) is 0 Å². The van der Waals surface area contributed by atoms with Gasteiger partial charge >= 0.3 is 0 Å². The average Bonchev–Trinajstić information content (AvgIpc) is 2.81. The number of hydrogen-bond donors (Lipinski definition) is 1. The molecule has 3 rings (SSSR count). The van der Waals surface area contributed by atoms with Gasteiger partial charge < -0.3 is 5.11 Å². The molecule has 21 heavy (non-hydrogen) atoms. The van der Waals surface area contributed by atoms with E-state index < -0.39 is 0 Å². The third kappa shape index (κ3) is 2.01. The number of phenols is 1. The van der Waals surface area contributed by atoms with Crippen molar-refractivity contribution >= 4 is 17.1 Å². The molecule has 4 heteroatoms. The Bertz CT molecular complexity index is 828. The van der Waals surface area contributed by atoms with E-state index in [-0.39, 0.29) is 28.5 Å². The van der Waals surface area contributed by atoms with Gasteiger partial charge in [0.15, 0.2) is 11.6 Å². The zero-order chi connectivity index (χ0) is 15.0. The van der Waals surface area contributed by atoms with E-state index in [9.17, 15) is 20.0 Å². The van der Waals surface area contributed by atoms with E-state index in [1.165, 1.54) is 30.4 Å². The van der Waals surface area contributed by atoms with Crippen molar-refractivity contribution in [1.82, 2.24) is 0 Å². The van der Waals surface area contributed by atoms with Gasteiger partial charge in [0.25, 0.3) is 0 Å². The van der Waals surface area contributed by atoms with E-state index in [2.05, 4.69) is 0 Å². The largest absolute Gasteiger partial charge is 0.508 e. The fourth-order valence-electron chi connectivity index (χ4n) is 2.34. The number of phenolic OH excluding ortho intramolecular Hbond substituents is 1. The lowest BCUT2D eigenvalue weighted by atomic mass is 9.97. The normalized spacial score (nSPS) is 18.8. The Labute approximate surface area is 120 Å². The zero-order valence-electron chi connectivity index (χ0n) is 10.8. The average molecular weight is 275 g/mol. The number of carbonyl (C=O) groups is 2. The minimum absolute atomic E-state index is 0.0768. The van der Waals surface area contributed by atoms with Crippen LogP contribution in [0.4, 0.5) is 0 Å². The molecule has 0 radical (unpaired) electrons. The Morgan fingerprint density at radius 3 is 2.43 bits per heavy atom. The summed E-state index contributed by atoms with van der Waals surface area (Å²) >= 11 is 0. The summed E-state index contributed by atoms with van der Waals surface area (Å²) in [4.78, 5) is 24.1. The number of rotatable bonds is 1. The smallest absolute Gasteiger partial charge is 0.195 e. The quantitative estimate of drug-likeness (QED) is 0.629. The van der Waals surface area contributed by atoms with Crippen molar-refractivity contribution in [3.63, 3.8) is 0 Å². The van der Waals surface area contributed by atoms with Gasteiger partial charge in [0.05, 0.1) is 5.57 Å². The van der Waals surface area contributed by atoms with Crippen LogP contribution in [0.15, 0.2) is 65.3 Å². The number of nitrogens with zero attached hydrogens (tertiary/aromatic N) is 1. The van der Waals surface area contributed by atoms with Gasteiger partial charge in [-0.3, -0.25) is 9.59 Å². The first-order valence-corrected chi connectivity index (χ1v) is 6.25. The van der Waals surface area contributed by atoms with Gasteiger partial charge in [-0.1, -0.05) is 12.2 Å². The van der Waals surface area contributed by atoms with E-state index in [0.717, 1.165) is 0 Å². The second-order valence-corrected chi connectivity index (χ2v) is 4.64. The summed E-state index contributed by atoms with van der Waals surface area (Å²) in [6.45, 7) is 0. The molecule has 100 valence electrons. The predicted molar refractivity (Wildman–Crippen MR) is 76.0 cm³/mol. The minimum Gasteiger partial charge on any atom is -0.508 e. The predicted octanol–water partition coefficient (Wildman–Crippen LogP) is 2.24. The second kappa shape index (κ2) is 4.73. The van der Waals surface area contributed by atoms with Crippen molar-refractivity contribution in [1.29, 1.82) is 5.26 Å². The van der Waals surface area contributed by atoms with Crippen molar-refractivity contribution in [3.8, 4) is 11.8 Å². The van der Waals surface area contributed by atoms with Crippen molar-refractivity contribution in [2.24, 2.45) is 0 Å². The molecule has 0 aromatic heterocycles. The van der Waals surface area contributed by atoms with Crippen molar-refractivity contribution in [2.45, 2.75) is 0 Å². The number of Topliss-reactive ketones (excluding diaryl/α,β-unsaturated/α-hetero) is 1. The Kier molecular flexibility index (Phi) is 2.89.